The second kappa shape index (κ2) is 3.10. The molecule has 12 heavy (non-hydrogen) atoms. The maximum absolute atomic E-state index is 9.36. The monoisotopic (exact) mass is 198 g/mol. The van der Waals surface area contributed by atoms with Gasteiger partial charge in [-0.3, -0.25) is 0 Å². The van der Waals surface area contributed by atoms with Gasteiger partial charge in [-0.15, -0.1) is 0 Å². The van der Waals surface area contributed by atoms with E-state index in [1.165, 1.54) is 6.92 Å². The highest BCUT2D eigenvalue weighted by molar-refractivity contribution is 6.20. The number of halogens is 1. The molecule has 5 atom stereocenters. The van der Waals surface area contributed by atoms with E-state index in [-0.39, 0.29) is 0 Å². The number of aliphatic hydroxyl groups is 4. The molecule has 1 aliphatic heterocycles. The number of aliphatic hydroxyl groups excluding tert-OH is 3. The molecule has 1 fully saturated rings. The van der Waals surface area contributed by atoms with Crippen LogP contribution < -0.4 is 0 Å². The standard InChI is InChI=1S/C6H11ClO5/c1-2-3(8)4(9)6(11,12-2)5(7)10/h2-5,8-11H,1H3/t2-,3-,4+,5?,6-/m1/s1. The maximum atomic E-state index is 9.36. The Hall–Kier alpha value is 0.0900. The van der Waals surface area contributed by atoms with Gasteiger partial charge >= 0.3 is 0 Å². The van der Waals surface area contributed by atoms with Gasteiger partial charge in [0.05, 0.1) is 6.10 Å². The Morgan fingerprint density at radius 1 is 1.50 bits per heavy atom. The summed E-state index contributed by atoms with van der Waals surface area (Å²) < 4.78 is 4.71. The molecule has 0 aromatic carbocycles. The number of alkyl halides is 1. The second-order valence-corrected chi connectivity index (χ2v) is 3.26. The summed E-state index contributed by atoms with van der Waals surface area (Å²) in [6, 6.07) is 0. The molecular formula is C6H11ClO5. The van der Waals surface area contributed by atoms with Crippen LogP contribution in [-0.4, -0.2) is 50.1 Å². The summed E-state index contributed by atoms with van der Waals surface area (Å²) in [6.07, 6.45) is -3.61. The van der Waals surface area contributed by atoms with Gasteiger partial charge < -0.3 is 25.2 Å². The van der Waals surface area contributed by atoms with E-state index < -0.39 is 29.7 Å². The lowest BCUT2D eigenvalue weighted by Crippen LogP contribution is -2.50. The van der Waals surface area contributed by atoms with Crippen LogP contribution in [0.3, 0.4) is 0 Å². The van der Waals surface area contributed by atoms with Crippen LogP contribution in [0, 0.1) is 0 Å². The van der Waals surface area contributed by atoms with Crippen LogP contribution in [0.25, 0.3) is 0 Å². The molecule has 0 bridgehead atoms. The minimum absolute atomic E-state index is 0.765. The number of rotatable bonds is 1. The molecule has 0 spiro atoms. The lowest BCUT2D eigenvalue weighted by Gasteiger charge is -2.26. The van der Waals surface area contributed by atoms with Crippen LogP contribution in [0.1, 0.15) is 6.92 Å². The van der Waals surface area contributed by atoms with Gasteiger partial charge in [0, 0.05) is 0 Å². The van der Waals surface area contributed by atoms with Crippen molar-refractivity contribution in [3.63, 3.8) is 0 Å². The van der Waals surface area contributed by atoms with Crippen molar-refractivity contribution in [1.29, 1.82) is 0 Å². The molecule has 1 heterocycles. The van der Waals surface area contributed by atoms with Gasteiger partial charge in [0.1, 0.15) is 12.2 Å². The minimum atomic E-state index is -2.28. The molecule has 6 heteroatoms. The van der Waals surface area contributed by atoms with E-state index in [1.54, 1.807) is 0 Å². The summed E-state index contributed by atoms with van der Waals surface area (Å²) in [5.74, 6) is -2.28. The van der Waals surface area contributed by atoms with Crippen molar-refractivity contribution in [3.05, 3.63) is 0 Å². The summed E-state index contributed by atoms with van der Waals surface area (Å²) >= 11 is 5.16. The van der Waals surface area contributed by atoms with Gasteiger partial charge in [-0.2, -0.15) is 0 Å². The molecule has 0 radical (unpaired) electrons. The molecule has 5 nitrogen and oxygen atoms in total. The maximum Gasteiger partial charge on any atom is 0.236 e. The third kappa shape index (κ3) is 1.32. The fourth-order valence-electron chi connectivity index (χ4n) is 1.14. The first-order valence-corrected chi connectivity index (χ1v) is 3.91. The van der Waals surface area contributed by atoms with Crippen molar-refractivity contribution in [3.8, 4) is 0 Å². The fraction of sp³-hybridized carbons (Fsp3) is 1.00. The van der Waals surface area contributed by atoms with Gasteiger partial charge in [-0.25, -0.2) is 0 Å². The molecule has 1 saturated heterocycles. The van der Waals surface area contributed by atoms with Crippen LogP contribution >= 0.6 is 11.6 Å². The Bertz CT molecular complexity index is 175. The summed E-state index contributed by atoms with van der Waals surface area (Å²) in [5.41, 5.74) is -1.77. The van der Waals surface area contributed by atoms with Crippen LogP contribution in [0.4, 0.5) is 0 Å². The summed E-state index contributed by atoms with van der Waals surface area (Å²) in [7, 11) is 0. The van der Waals surface area contributed by atoms with E-state index in [0.717, 1.165) is 0 Å². The molecular weight excluding hydrogens is 188 g/mol. The zero-order valence-corrected chi connectivity index (χ0v) is 7.14. The lowest BCUT2D eigenvalue weighted by molar-refractivity contribution is -0.255. The Labute approximate surface area is 74.2 Å². The van der Waals surface area contributed by atoms with Crippen LogP contribution in [0.2, 0.25) is 0 Å². The molecule has 0 amide bonds. The molecule has 4 N–H and O–H groups in total. The average molecular weight is 199 g/mol. The van der Waals surface area contributed by atoms with E-state index in [1.807, 2.05) is 0 Å². The summed E-state index contributed by atoms with van der Waals surface area (Å²) in [6.45, 7) is 1.45. The van der Waals surface area contributed by atoms with Gasteiger partial charge in [0.2, 0.25) is 5.79 Å². The molecule has 0 aromatic heterocycles. The Morgan fingerprint density at radius 3 is 2.17 bits per heavy atom. The first-order chi connectivity index (χ1) is 5.39. The molecule has 72 valence electrons. The van der Waals surface area contributed by atoms with Gasteiger partial charge in [-0.05, 0) is 6.92 Å². The summed E-state index contributed by atoms with van der Waals surface area (Å²) in [5, 5.41) is 36.5. The van der Waals surface area contributed by atoms with Gasteiger partial charge in [0.15, 0.2) is 5.56 Å². The van der Waals surface area contributed by atoms with Crippen molar-refractivity contribution in [1.82, 2.24) is 0 Å². The topological polar surface area (TPSA) is 90.2 Å². The van der Waals surface area contributed by atoms with Crippen molar-refractivity contribution in [2.45, 2.75) is 36.6 Å². The van der Waals surface area contributed by atoms with Gasteiger partial charge in [-0.1, -0.05) is 11.6 Å². The van der Waals surface area contributed by atoms with E-state index in [0.29, 0.717) is 0 Å². The molecule has 0 aliphatic carbocycles. The average Bonchev–Trinajstić information content (AvgIpc) is 2.17. The fourth-order valence-corrected chi connectivity index (χ4v) is 1.32. The molecule has 0 saturated carbocycles. The highest BCUT2D eigenvalue weighted by atomic mass is 35.5. The highest BCUT2D eigenvalue weighted by Crippen LogP contribution is 2.32. The number of hydrogen-bond acceptors (Lipinski definition) is 5. The predicted molar refractivity (Wildman–Crippen MR) is 39.4 cm³/mol. The largest absolute Gasteiger partial charge is 0.387 e. The van der Waals surface area contributed by atoms with E-state index in [4.69, 9.17) is 26.6 Å². The zero-order chi connectivity index (χ0) is 9.52. The number of hydrogen-bond donors (Lipinski definition) is 4. The van der Waals surface area contributed by atoms with Crippen LogP contribution in [0.5, 0.6) is 0 Å². The third-order valence-corrected chi connectivity index (χ3v) is 2.26. The van der Waals surface area contributed by atoms with E-state index in [2.05, 4.69) is 0 Å². The predicted octanol–water partition coefficient (Wildman–Crippen LogP) is -1.63. The van der Waals surface area contributed by atoms with Crippen molar-refractivity contribution >= 4 is 11.6 Å². The second-order valence-electron chi connectivity index (χ2n) is 2.85. The van der Waals surface area contributed by atoms with Crippen molar-refractivity contribution < 1.29 is 25.2 Å². The third-order valence-electron chi connectivity index (χ3n) is 1.94. The lowest BCUT2D eigenvalue weighted by atomic mass is 10.1. The SMILES string of the molecule is C[C@H]1O[C@@](O)(C(O)Cl)[C@@H](O)[C@@H]1O. The molecule has 1 aliphatic rings. The first kappa shape index (κ1) is 10.2. The summed E-state index contributed by atoms with van der Waals surface area (Å²) in [4.78, 5) is 0. The highest BCUT2D eigenvalue weighted by Gasteiger charge is 2.55. The Kier molecular flexibility index (Phi) is 2.63. The smallest absolute Gasteiger partial charge is 0.236 e. The molecule has 0 aromatic rings. The van der Waals surface area contributed by atoms with Crippen LogP contribution in [0.15, 0.2) is 0 Å². The van der Waals surface area contributed by atoms with E-state index >= 15 is 0 Å². The zero-order valence-electron chi connectivity index (χ0n) is 6.38. The normalized spacial score (nSPS) is 51.0. The minimum Gasteiger partial charge on any atom is -0.387 e. The quantitative estimate of drug-likeness (QED) is 0.380. The van der Waals surface area contributed by atoms with Crippen molar-refractivity contribution in [2.24, 2.45) is 0 Å². The Morgan fingerprint density at radius 2 is 2.00 bits per heavy atom. The molecule has 1 unspecified atom stereocenters. The number of ether oxygens (including phenoxy) is 1. The molecule has 1 rings (SSSR count). The van der Waals surface area contributed by atoms with E-state index in [9.17, 15) is 10.2 Å². The van der Waals surface area contributed by atoms with Crippen molar-refractivity contribution in [2.75, 3.05) is 0 Å². The van der Waals surface area contributed by atoms with Gasteiger partial charge in [0.25, 0.3) is 0 Å². The Balaban J connectivity index is 2.82. The van der Waals surface area contributed by atoms with Crippen LogP contribution in [-0.2, 0) is 4.74 Å². The first-order valence-electron chi connectivity index (χ1n) is 3.48.